The van der Waals surface area contributed by atoms with Crippen molar-refractivity contribution in [3.05, 3.63) is 39.9 Å². The summed E-state index contributed by atoms with van der Waals surface area (Å²) in [5.41, 5.74) is 0.657. The molecule has 0 saturated carbocycles. The minimum atomic E-state index is -0.493. The molecule has 0 aromatic heterocycles. The highest BCUT2D eigenvalue weighted by Gasteiger charge is 2.32. The first-order valence-electron chi connectivity index (χ1n) is 5.95. The molecule has 0 bridgehead atoms. The first-order valence-corrected chi connectivity index (χ1v) is 6.83. The lowest BCUT2D eigenvalue weighted by molar-refractivity contribution is -0.384. The van der Waals surface area contributed by atoms with Crippen LogP contribution in [0.1, 0.15) is 24.8 Å². The van der Waals surface area contributed by atoms with Crippen LogP contribution < -0.4 is 5.32 Å². The van der Waals surface area contributed by atoms with Crippen LogP contribution in [-0.2, 0) is 9.59 Å². The molecule has 1 N–H and O–H groups in total. The van der Waals surface area contributed by atoms with Crippen LogP contribution in [0.15, 0.2) is 29.4 Å². The summed E-state index contributed by atoms with van der Waals surface area (Å²) in [5.74, 6) is -0.569. The van der Waals surface area contributed by atoms with Crippen LogP contribution in [0.3, 0.4) is 0 Å². The van der Waals surface area contributed by atoms with Crippen LogP contribution in [0.5, 0.6) is 0 Å². The number of amides is 2. The molecule has 9 heteroatoms. The SMILES string of the molecule is CC(=O)NC1=NN(C(C)=O)C(c2ccc([N+](=O)[O-])cc2)S1. The van der Waals surface area contributed by atoms with E-state index in [0.717, 1.165) is 0 Å². The van der Waals surface area contributed by atoms with E-state index in [1.54, 1.807) is 12.1 Å². The fraction of sp³-hybridized carbons (Fsp3) is 0.250. The van der Waals surface area contributed by atoms with Crippen LogP contribution >= 0.6 is 11.8 Å². The Bertz CT molecular complexity index is 629. The molecular weight excluding hydrogens is 296 g/mol. The molecule has 0 aliphatic carbocycles. The van der Waals surface area contributed by atoms with E-state index in [1.807, 2.05) is 0 Å². The minimum absolute atomic E-state index is 0.0286. The quantitative estimate of drug-likeness (QED) is 0.660. The predicted molar refractivity (Wildman–Crippen MR) is 77.2 cm³/mol. The Morgan fingerprint density at radius 1 is 1.33 bits per heavy atom. The number of hydrogen-bond donors (Lipinski definition) is 1. The van der Waals surface area contributed by atoms with E-state index < -0.39 is 10.3 Å². The number of nitro groups is 1. The molecule has 21 heavy (non-hydrogen) atoms. The van der Waals surface area contributed by atoms with Gasteiger partial charge in [-0.25, -0.2) is 5.01 Å². The number of hydrazone groups is 1. The number of benzene rings is 1. The van der Waals surface area contributed by atoms with Crippen molar-refractivity contribution < 1.29 is 14.5 Å². The van der Waals surface area contributed by atoms with Crippen LogP contribution in [0.4, 0.5) is 5.69 Å². The summed E-state index contributed by atoms with van der Waals surface area (Å²) in [4.78, 5) is 32.8. The van der Waals surface area contributed by atoms with E-state index in [0.29, 0.717) is 10.7 Å². The van der Waals surface area contributed by atoms with Gasteiger partial charge in [0.15, 0.2) is 5.17 Å². The second-order valence-corrected chi connectivity index (χ2v) is 5.34. The number of non-ortho nitro benzene ring substituents is 1. The average molecular weight is 308 g/mol. The highest BCUT2D eigenvalue weighted by atomic mass is 32.2. The molecule has 2 amide bonds. The molecule has 8 nitrogen and oxygen atoms in total. The number of rotatable bonds is 2. The molecule has 1 heterocycles. The Morgan fingerprint density at radius 3 is 2.43 bits per heavy atom. The van der Waals surface area contributed by atoms with Crippen molar-refractivity contribution in [1.29, 1.82) is 0 Å². The van der Waals surface area contributed by atoms with Crippen LogP contribution in [-0.4, -0.2) is 26.9 Å². The number of carbonyl (C=O) groups is 2. The first kappa shape index (κ1) is 15.0. The molecule has 1 aromatic rings. The Hall–Kier alpha value is -2.42. The lowest BCUT2D eigenvalue weighted by Gasteiger charge is -2.18. The van der Waals surface area contributed by atoms with Gasteiger partial charge in [-0.1, -0.05) is 11.8 Å². The van der Waals surface area contributed by atoms with E-state index in [-0.39, 0.29) is 17.5 Å². The Morgan fingerprint density at radius 2 is 1.95 bits per heavy atom. The molecule has 1 unspecified atom stereocenters. The third-order valence-electron chi connectivity index (χ3n) is 2.64. The number of carbonyl (C=O) groups excluding carboxylic acids is 2. The van der Waals surface area contributed by atoms with Gasteiger partial charge < -0.3 is 5.32 Å². The normalized spacial score (nSPS) is 17.3. The summed E-state index contributed by atoms with van der Waals surface area (Å²) < 4.78 is 0. The number of nitro benzene ring substituents is 1. The van der Waals surface area contributed by atoms with Crippen LogP contribution in [0, 0.1) is 10.1 Å². The van der Waals surface area contributed by atoms with Crippen molar-refractivity contribution in [2.45, 2.75) is 19.2 Å². The maximum atomic E-state index is 11.6. The van der Waals surface area contributed by atoms with E-state index in [9.17, 15) is 19.7 Å². The van der Waals surface area contributed by atoms with Crippen LogP contribution in [0.25, 0.3) is 0 Å². The molecule has 2 rings (SSSR count). The Labute approximate surface area is 124 Å². The highest BCUT2D eigenvalue weighted by molar-refractivity contribution is 8.14. The highest BCUT2D eigenvalue weighted by Crippen LogP contribution is 2.38. The molecule has 110 valence electrons. The Kier molecular flexibility index (Phi) is 4.22. The first-order chi connectivity index (χ1) is 9.88. The summed E-state index contributed by atoms with van der Waals surface area (Å²) in [6, 6.07) is 5.87. The number of nitrogens with zero attached hydrogens (tertiary/aromatic N) is 3. The maximum Gasteiger partial charge on any atom is 0.269 e. The summed E-state index contributed by atoms with van der Waals surface area (Å²) in [6.07, 6.45) is 0. The van der Waals surface area contributed by atoms with Crippen LogP contribution in [0.2, 0.25) is 0 Å². The van der Waals surface area contributed by atoms with E-state index >= 15 is 0 Å². The number of amidine groups is 1. The van der Waals surface area contributed by atoms with Crippen molar-refractivity contribution in [2.24, 2.45) is 5.10 Å². The fourth-order valence-corrected chi connectivity index (χ4v) is 2.88. The van der Waals surface area contributed by atoms with Crippen molar-refractivity contribution >= 4 is 34.4 Å². The van der Waals surface area contributed by atoms with Gasteiger partial charge in [0.25, 0.3) is 5.69 Å². The van der Waals surface area contributed by atoms with Crippen molar-refractivity contribution in [3.8, 4) is 0 Å². The summed E-state index contributed by atoms with van der Waals surface area (Å²) in [5, 5.41) is 18.3. The zero-order valence-electron chi connectivity index (χ0n) is 11.3. The molecule has 1 atom stereocenters. The monoisotopic (exact) mass is 308 g/mol. The summed E-state index contributed by atoms with van der Waals surface area (Å²) in [6.45, 7) is 2.71. The predicted octanol–water partition coefficient (Wildman–Crippen LogP) is 1.60. The molecule has 0 radical (unpaired) electrons. The lowest BCUT2D eigenvalue weighted by atomic mass is 10.2. The van der Waals surface area contributed by atoms with Gasteiger partial charge in [-0.2, -0.15) is 0 Å². The lowest BCUT2D eigenvalue weighted by Crippen LogP contribution is -2.25. The van der Waals surface area contributed by atoms with E-state index in [4.69, 9.17) is 0 Å². The molecule has 1 aliphatic heterocycles. The third-order valence-corrected chi connectivity index (χ3v) is 3.74. The number of thioether (sulfide) groups is 1. The smallest absolute Gasteiger partial charge is 0.269 e. The van der Waals surface area contributed by atoms with Gasteiger partial charge in [-0.15, -0.1) is 5.10 Å². The molecular formula is C12H12N4O4S. The number of hydrogen-bond acceptors (Lipinski definition) is 6. The topological polar surface area (TPSA) is 105 Å². The molecule has 0 spiro atoms. The van der Waals surface area contributed by atoms with Crippen molar-refractivity contribution in [1.82, 2.24) is 10.3 Å². The molecule has 0 fully saturated rings. The third kappa shape index (κ3) is 3.37. The summed E-state index contributed by atoms with van der Waals surface area (Å²) in [7, 11) is 0. The zero-order valence-corrected chi connectivity index (χ0v) is 12.1. The molecule has 0 saturated heterocycles. The van der Waals surface area contributed by atoms with Gasteiger partial charge in [0.05, 0.1) is 4.92 Å². The summed E-state index contributed by atoms with van der Waals surface area (Å²) >= 11 is 1.20. The maximum absolute atomic E-state index is 11.6. The van der Waals surface area contributed by atoms with Gasteiger partial charge in [-0.3, -0.25) is 19.7 Å². The van der Waals surface area contributed by atoms with Crippen molar-refractivity contribution in [2.75, 3.05) is 0 Å². The van der Waals surface area contributed by atoms with Gasteiger partial charge >= 0.3 is 0 Å². The Balaban J connectivity index is 2.24. The fourth-order valence-electron chi connectivity index (χ4n) is 1.74. The zero-order chi connectivity index (χ0) is 15.6. The second kappa shape index (κ2) is 5.92. The molecule has 1 aliphatic rings. The van der Waals surface area contributed by atoms with E-state index in [2.05, 4.69) is 10.4 Å². The van der Waals surface area contributed by atoms with Gasteiger partial charge in [0.1, 0.15) is 5.37 Å². The standard InChI is InChI=1S/C12H12N4O4S/c1-7(17)13-12-14-15(8(2)18)11(21-12)9-3-5-10(6-4-9)16(19)20/h3-6,11H,1-2H3,(H,13,14,17). The average Bonchev–Trinajstić information content (AvgIpc) is 2.82. The number of nitrogens with one attached hydrogen (secondary N) is 1. The minimum Gasteiger partial charge on any atom is -0.304 e. The van der Waals surface area contributed by atoms with E-state index in [1.165, 1.54) is 42.8 Å². The molecule has 1 aromatic carbocycles. The largest absolute Gasteiger partial charge is 0.304 e. The van der Waals surface area contributed by atoms with Gasteiger partial charge in [0, 0.05) is 26.0 Å². The van der Waals surface area contributed by atoms with Gasteiger partial charge in [0.2, 0.25) is 11.8 Å². The second-order valence-electron chi connectivity index (χ2n) is 4.27. The van der Waals surface area contributed by atoms with Gasteiger partial charge in [-0.05, 0) is 17.7 Å². The van der Waals surface area contributed by atoms with Crippen molar-refractivity contribution in [3.63, 3.8) is 0 Å².